The normalized spacial score (nSPS) is 12.8. The topological polar surface area (TPSA) is 34.4 Å². The number of hydrogen-bond donors (Lipinski definition) is 1. The van der Waals surface area contributed by atoms with E-state index >= 15 is 0 Å². The summed E-state index contributed by atoms with van der Waals surface area (Å²) in [5, 5.41) is 4.56. The van der Waals surface area contributed by atoms with Crippen LogP contribution in [0.5, 0.6) is 5.75 Å². The van der Waals surface area contributed by atoms with E-state index in [0.717, 1.165) is 41.9 Å². The van der Waals surface area contributed by atoms with Crippen LogP contribution in [0.25, 0.3) is 11.0 Å². The zero-order chi connectivity index (χ0) is 13.0. The van der Waals surface area contributed by atoms with Crippen molar-refractivity contribution in [3.8, 4) is 5.75 Å². The first-order chi connectivity index (χ1) is 8.80. The van der Waals surface area contributed by atoms with Crippen molar-refractivity contribution in [2.75, 3.05) is 13.7 Å². The molecular weight excluding hydrogens is 226 g/mol. The Balaban J connectivity index is 2.38. The minimum atomic E-state index is 0.289. The van der Waals surface area contributed by atoms with Gasteiger partial charge in [0.25, 0.3) is 0 Å². The van der Waals surface area contributed by atoms with Gasteiger partial charge in [0.15, 0.2) is 11.3 Å². The summed E-state index contributed by atoms with van der Waals surface area (Å²) in [5.41, 5.74) is 0.842. The largest absolute Gasteiger partial charge is 0.493 e. The zero-order valence-corrected chi connectivity index (χ0v) is 11.3. The first-order valence-corrected chi connectivity index (χ1v) is 6.60. The summed E-state index contributed by atoms with van der Waals surface area (Å²) in [4.78, 5) is 0. The Hall–Kier alpha value is -1.48. The van der Waals surface area contributed by atoms with Crippen LogP contribution >= 0.6 is 0 Å². The maximum absolute atomic E-state index is 5.97. The van der Waals surface area contributed by atoms with Gasteiger partial charge in [0, 0.05) is 5.39 Å². The second-order valence-electron chi connectivity index (χ2n) is 4.43. The third-order valence-corrected chi connectivity index (χ3v) is 3.12. The van der Waals surface area contributed by atoms with Crippen LogP contribution in [0.2, 0.25) is 0 Å². The van der Waals surface area contributed by atoms with E-state index in [1.165, 1.54) is 0 Å². The highest BCUT2D eigenvalue weighted by atomic mass is 16.5. The minimum absolute atomic E-state index is 0.289. The zero-order valence-electron chi connectivity index (χ0n) is 11.3. The van der Waals surface area contributed by atoms with Crippen LogP contribution in [-0.2, 0) is 0 Å². The number of ether oxygens (including phenoxy) is 1. The Bertz CT molecular complexity index is 498. The maximum Gasteiger partial charge on any atom is 0.176 e. The molecule has 1 aromatic carbocycles. The van der Waals surface area contributed by atoms with Crippen LogP contribution in [0.1, 0.15) is 38.5 Å². The molecule has 1 atom stereocenters. The number of benzene rings is 1. The lowest BCUT2D eigenvalue weighted by molar-refractivity contribution is 0.389. The molecule has 3 heteroatoms. The quantitative estimate of drug-likeness (QED) is 0.840. The SMILES string of the molecule is CCCC(NCC)c1cc2cccc(OC)c2o1. The number of furan rings is 1. The van der Waals surface area contributed by atoms with Crippen molar-refractivity contribution in [2.24, 2.45) is 0 Å². The van der Waals surface area contributed by atoms with Gasteiger partial charge < -0.3 is 14.5 Å². The van der Waals surface area contributed by atoms with Gasteiger partial charge in [-0.15, -0.1) is 0 Å². The van der Waals surface area contributed by atoms with Gasteiger partial charge in [-0.2, -0.15) is 0 Å². The summed E-state index contributed by atoms with van der Waals surface area (Å²) in [6, 6.07) is 8.37. The molecule has 98 valence electrons. The molecule has 0 bridgehead atoms. The summed E-state index contributed by atoms with van der Waals surface area (Å²) in [6.45, 7) is 5.25. The highest BCUT2D eigenvalue weighted by Crippen LogP contribution is 2.32. The van der Waals surface area contributed by atoms with E-state index in [-0.39, 0.29) is 6.04 Å². The molecule has 0 aliphatic rings. The lowest BCUT2D eigenvalue weighted by Crippen LogP contribution is -2.20. The number of para-hydroxylation sites is 1. The van der Waals surface area contributed by atoms with Crippen molar-refractivity contribution in [3.63, 3.8) is 0 Å². The van der Waals surface area contributed by atoms with Gasteiger partial charge in [-0.05, 0) is 25.1 Å². The van der Waals surface area contributed by atoms with Crippen molar-refractivity contribution < 1.29 is 9.15 Å². The summed E-state index contributed by atoms with van der Waals surface area (Å²) in [6.07, 6.45) is 2.21. The highest BCUT2D eigenvalue weighted by molar-refractivity contribution is 5.83. The van der Waals surface area contributed by atoms with Crippen molar-refractivity contribution in [3.05, 3.63) is 30.0 Å². The number of hydrogen-bond acceptors (Lipinski definition) is 3. The standard InChI is InChI=1S/C15H21NO2/c1-4-7-12(16-5-2)14-10-11-8-6-9-13(17-3)15(11)18-14/h6,8-10,12,16H,4-5,7H2,1-3H3. The third-order valence-electron chi connectivity index (χ3n) is 3.12. The molecule has 1 N–H and O–H groups in total. The van der Waals surface area contributed by atoms with E-state index < -0.39 is 0 Å². The second-order valence-corrected chi connectivity index (χ2v) is 4.43. The van der Waals surface area contributed by atoms with Gasteiger partial charge in [-0.25, -0.2) is 0 Å². The molecule has 0 aliphatic carbocycles. The lowest BCUT2D eigenvalue weighted by Gasteiger charge is -2.13. The molecule has 0 radical (unpaired) electrons. The average molecular weight is 247 g/mol. The van der Waals surface area contributed by atoms with Crippen LogP contribution < -0.4 is 10.1 Å². The Morgan fingerprint density at radius 2 is 2.17 bits per heavy atom. The van der Waals surface area contributed by atoms with Crippen LogP contribution in [0.4, 0.5) is 0 Å². The van der Waals surface area contributed by atoms with Gasteiger partial charge in [0.2, 0.25) is 0 Å². The minimum Gasteiger partial charge on any atom is -0.493 e. The van der Waals surface area contributed by atoms with Gasteiger partial charge >= 0.3 is 0 Å². The molecule has 0 aliphatic heterocycles. The van der Waals surface area contributed by atoms with Crippen molar-refractivity contribution in [1.82, 2.24) is 5.32 Å². The summed E-state index contributed by atoms with van der Waals surface area (Å²) < 4.78 is 11.3. The smallest absolute Gasteiger partial charge is 0.176 e. The van der Waals surface area contributed by atoms with Crippen LogP contribution in [0.15, 0.2) is 28.7 Å². The van der Waals surface area contributed by atoms with E-state index in [4.69, 9.17) is 9.15 Å². The monoisotopic (exact) mass is 247 g/mol. The molecule has 0 saturated heterocycles. The fourth-order valence-corrected chi connectivity index (χ4v) is 2.27. The predicted molar refractivity (Wildman–Crippen MR) is 74.1 cm³/mol. The maximum atomic E-state index is 5.97. The third kappa shape index (κ3) is 2.51. The van der Waals surface area contributed by atoms with Crippen LogP contribution in [0, 0.1) is 0 Å². The second kappa shape index (κ2) is 5.91. The van der Waals surface area contributed by atoms with E-state index in [9.17, 15) is 0 Å². The molecule has 0 amide bonds. The molecule has 18 heavy (non-hydrogen) atoms. The van der Waals surface area contributed by atoms with Crippen molar-refractivity contribution in [1.29, 1.82) is 0 Å². The molecule has 2 rings (SSSR count). The summed E-state index contributed by atoms with van der Waals surface area (Å²) in [5.74, 6) is 1.80. The Kier molecular flexibility index (Phi) is 4.26. The van der Waals surface area contributed by atoms with Gasteiger partial charge in [-0.3, -0.25) is 0 Å². The number of nitrogens with one attached hydrogen (secondary N) is 1. The lowest BCUT2D eigenvalue weighted by atomic mass is 10.1. The molecule has 1 aromatic heterocycles. The van der Waals surface area contributed by atoms with E-state index in [2.05, 4.69) is 31.3 Å². The van der Waals surface area contributed by atoms with Crippen LogP contribution in [-0.4, -0.2) is 13.7 Å². The van der Waals surface area contributed by atoms with Gasteiger partial charge in [0.1, 0.15) is 5.76 Å². The summed E-state index contributed by atoms with van der Waals surface area (Å²) in [7, 11) is 1.67. The van der Waals surface area contributed by atoms with Gasteiger partial charge in [-0.1, -0.05) is 32.4 Å². The van der Waals surface area contributed by atoms with Crippen molar-refractivity contribution in [2.45, 2.75) is 32.7 Å². The number of rotatable bonds is 6. The molecule has 2 aromatic rings. The fraction of sp³-hybridized carbons (Fsp3) is 0.467. The van der Waals surface area contributed by atoms with Crippen molar-refractivity contribution >= 4 is 11.0 Å². The molecule has 1 heterocycles. The molecule has 3 nitrogen and oxygen atoms in total. The Labute approximate surface area is 108 Å². The first-order valence-electron chi connectivity index (χ1n) is 6.60. The number of fused-ring (bicyclic) bond motifs is 1. The van der Waals surface area contributed by atoms with Crippen LogP contribution in [0.3, 0.4) is 0 Å². The molecule has 0 spiro atoms. The Morgan fingerprint density at radius 1 is 1.33 bits per heavy atom. The number of methoxy groups -OCH3 is 1. The first kappa shape index (κ1) is 13.0. The summed E-state index contributed by atoms with van der Waals surface area (Å²) >= 11 is 0. The Morgan fingerprint density at radius 3 is 2.83 bits per heavy atom. The van der Waals surface area contributed by atoms with E-state index in [1.54, 1.807) is 7.11 Å². The van der Waals surface area contributed by atoms with Gasteiger partial charge in [0.05, 0.1) is 13.2 Å². The molecular formula is C15H21NO2. The highest BCUT2D eigenvalue weighted by Gasteiger charge is 2.16. The molecule has 0 saturated carbocycles. The van der Waals surface area contributed by atoms with E-state index in [1.807, 2.05) is 12.1 Å². The predicted octanol–water partition coefficient (Wildman–Crippen LogP) is 3.89. The molecule has 0 fully saturated rings. The molecule has 1 unspecified atom stereocenters. The average Bonchev–Trinajstić information content (AvgIpc) is 2.82. The fourth-order valence-electron chi connectivity index (χ4n) is 2.27. The van der Waals surface area contributed by atoms with E-state index in [0.29, 0.717) is 0 Å².